The second-order valence-electron chi connectivity index (χ2n) is 4.14. The molecule has 0 saturated heterocycles. The first-order valence-electron chi connectivity index (χ1n) is 5.77. The number of nitrogens with two attached hydrogens (primary N) is 1. The molecule has 0 spiro atoms. The molecule has 3 rings (SSSR count). The Morgan fingerprint density at radius 2 is 2.35 bits per heavy atom. The smallest absolute Gasteiger partial charge is 0.248 e. The van der Waals surface area contributed by atoms with Crippen molar-refractivity contribution in [2.24, 2.45) is 0 Å². The molecule has 3 aromatic rings. The van der Waals surface area contributed by atoms with Crippen molar-refractivity contribution >= 4 is 5.82 Å². The van der Waals surface area contributed by atoms with E-state index in [0.29, 0.717) is 23.0 Å². The van der Waals surface area contributed by atoms with Gasteiger partial charge in [-0.1, -0.05) is 5.16 Å². The van der Waals surface area contributed by atoms with Crippen LogP contribution in [0.25, 0.3) is 11.4 Å². The lowest BCUT2D eigenvalue weighted by molar-refractivity contribution is 0.366. The summed E-state index contributed by atoms with van der Waals surface area (Å²) >= 11 is 0. The van der Waals surface area contributed by atoms with Crippen molar-refractivity contribution in [2.75, 3.05) is 5.73 Å². The zero-order valence-electron chi connectivity index (χ0n) is 10.6. The molecule has 0 saturated carbocycles. The SMILES string of the molecule is Cc1nn(Cc2nc(-c3ccoc3)no2)c(N)c1C#N. The maximum Gasteiger partial charge on any atom is 0.248 e. The predicted molar refractivity (Wildman–Crippen MR) is 67.2 cm³/mol. The molecule has 0 aliphatic carbocycles. The maximum atomic E-state index is 8.96. The molecule has 8 heteroatoms. The number of furan rings is 1. The minimum Gasteiger partial charge on any atom is -0.472 e. The molecule has 0 aromatic carbocycles. The van der Waals surface area contributed by atoms with Gasteiger partial charge in [0.15, 0.2) is 0 Å². The summed E-state index contributed by atoms with van der Waals surface area (Å²) in [4.78, 5) is 4.22. The van der Waals surface area contributed by atoms with Crippen LogP contribution in [0, 0.1) is 18.3 Å². The fraction of sp³-hybridized carbons (Fsp3) is 0.167. The number of nitrogen functional groups attached to an aromatic ring is 1. The van der Waals surface area contributed by atoms with Crippen molar-refractivity contribution in [2.45, 2.75) is 13.5 Å². The lowest BCUT2D eigenvalue weighted by Crippen LogP contribution is -2.06. The summed E-state index contributed by atoms with van der Waals surface area (Å²) < 4.78 is 11.5. The minimum atomic E-state index is 0.208. The molecule has 0 atom stereocenters. The highest BCUT2D eigenvalue weighted by Crippen LogP contribution is 2.18. The summed E-state index contributed by atoms with van der Waals surface area (Å²) in [6.45, 7) is 1.93. The summed E-state index contributed by atoms with van der Waals surface area (Å²) in [7, 11) is 0. The summed E-state index contributed by atoms with van der Waals surface area (Å²) in [5.74, 6) is 1.06. The van der Waals surface area contributed by atoms with Gasteiger partial charge in [-0.15, -0.1) is 0 Å². The van der Waals surface area contributed by atoms with Crippen molar-refractivity contribution in [3.8, 4) is 17.5 Å². The number of anilines is 1. The van der Waals surface area contributed by atoms with Gasteiger partial charge in [0.2, 0.25) is 11.7 Å². The van der Waals surface area contributed by atoms with E-state index in [0.717, 1.165) is 5.56 Å². The van der Waals surface area contributed by atoms with Crippen LogP contribution in [0.4, 0.5) is 5.82 Å². The molecule has 100 valence electrons. The van der Waals surface area contributed by atoms with Crippen molar-refractivity contribution in [3.63, 3.8) is 0 Å². The number of aromatic nitrogens is 4. The van der Waals surface area contributed by atoms with Crippen LogP contribution in [0.5, 0.6) is 0 Å². The number of hydrogen-bond acceptors (Lipinski definition) is 7. The average Bonchev–Trinajstić information content (AvgIpc) is 3.12. The molecule has 0 unspecified atom stereocenters. The van der Waals surface area contributed by atoms with E-state index in [1.807, 2.05) is 6.07 Å². The number of nitrogens with zero attached hydrogens (tertiary/aromatic N) is 5. The highest BCUT2D eigenvalue weighted by molar-refractivity contribution is 5.52. The van der Waals surface area contributed by atoms with Gasteiger partial charge in [0, 0.05) is 0 Å². The highest BCUT2D eigenvalue weighted by atomic mass is 16.5. The molecule has 2 N–H and O–H groups in total. The maximum absolute atomic E-state index is 8.96. The Bertz CT molecular complexity index is 778. The second kappa shape index (κ2) is 4.55. The minimum absolute atomic E-state index is 0.208. The van der Waals surface area contributed by atoms with E-state index in [2.05, 4.69) is 15.2 Å². The third kappa shape index (κ3) is 1.91. The first-order valence-corrected chi connectivity index (χ1v) is 5.77. The molecule has 0 fully saturated rings. The Kier molecular flexibility index (Phi) is 2.72. The van der Waals surface area contributed by atoms with Crippen LogP contribution < -0.4 is 5.73 Å². The van der Waals surface area contributed by atoms with Gasteiger partial charge in [-0.2, -0.15) is 15.3 Å². The van der Waals surface area contributed by atoms with Gasteiger partial charge in [0.05, 0.1) is 17.5 Å². The van der Waals surface area contributed by atoms with Crippen molar-refractivity contribution in [1.29, 1.82) is 5.26 Å². The summed E-state index contributed by atoms with van der Waals surface area (Å²) in [5.41, 5.74) is 7.49. The van der Waals surface area contributed by atoms with Crippen molar-refractivity contribution in [1.82, 2.24) is 19.9 Å². The van der Waals surface area contributed by atoms with Crippen molar-refractivity contribution < 1.29 is 8.94 Å². The molecule has 3 heterocycles. The van der Waals surface area contributed by atoms with Crippen molar-refractivity contribution in [3.05, 3.63) is 35.7 Å². The van der Waals surface area contributed by atoms with E-state index in [4.69, 9.17) is 19.9 Å². The first-order chi connectivity index (χ1) is 9.69. The fourth-order valence-electron chi connectivity index (χ4n) is 1.81. The van der Waals surface area contributed by atoms with Crippen LogP contribution in [0.15, 0.2) is 27.5 Å². The van der Waals surface area contributed by atoms with E-state index in [-0.39, 0.29) is 12.4 Å². The monoisotopic (exact) mass is 270 g/mol. The second-order valence-corrected chi connectivity index (χ2v) is 4.14. The quantitative estimate of drug-likeness (QED) is 0.762. The normalized spacial score (nSPS) is 10.6. The Hall–Kier alpha value is -3.08. The van der Waals surface area contributed by atoms with Crippen LogP contribution in [-0.2, 0) is 6.54 Å². The van der Waals surface area contributed by atoms with Crippen LogP contribution in [0.2, 0.25) is 0 Å². The number of nitriles is 1. The molecule has 0 aliphatic heterocycles. The topological polar surface area (TPSA) is 120 Å². The number of aryl methyl sites for hydroxylation is 1. The summed E-state index contributed by atoms with van der Waals surface area (Å²) in [5, 5.41) is 17.0. The Morgan fingerprint density at radius 1 is 1.50 bits per heavy atom. The zero-order chi connectivity index (χ0) is 14.1. The van der Waals surface area contributed by atoms with Gasteiger partial charge >= 0.3 is 0 Å². The predicted octanol–water partition coefficient (Wildman–Crippen LogP) is 1.34. The third-order valence-corrected chi connectivity index (χ3v) is 2.81. The molecule has 0 aliphatic rings. The number of rotatable bonds is 3. The zero-order valence-corrected chi connectivity index (χ0v) is 10.6. The molecular weight excluding hydrogens is 260 g/mol. The van der Waals surface area contributed by atoms with Gasteiger partial charge in [0.25, 0.3) is 0 Å². The molecule has 20 heavy (non-hydrogen) atoms. The summed E-state index contributed by atoms with van der Waals surface area (Å²) in [6, 6.07) is 3.74. The van der Waals surface area contributed by atoms with E-state index in [1.54, 1.807) is 13.0 Å². The average molecular weight is 270 g/mol. The van der Waals surface area contributed by atoms with Gasteiger partial charge in [-0.3, -0.25) is 0 Å². The fourth-order valence-corrected chi connectivity index (χ4v) is 1.81. The largest absolute Gasteiger partial charge is 0.472 e. The molecule has 0 radical (unpaired) electrons. The Balaban J connectivity index is 1.88. The van der Waals surface area contributed by atoms with E-state index in [1.165, 1.54) is 17.2 Å². The lowest BCUT2D eigenvalue weighted by atomic mass is 10.3. The van der Waals surface area contributed by atoms with E-state index >= 15 is 0 Å². The Morgan fingerprint density at radius 3 is 3.00 bits per heavy atom. The summed E-state index contributed by atoms with van der Waals surface area (Å²) in [6.07, 6.45) is 3.05. The standard InChI is InChI=1S/C12H10N6O2/c1-7-9(4-13)11(14)18(16-7)5-10-15-12(17-20-10)8-2-3-19-6-8/h2-3,6H,5,14H2,1H3. The van der Waals surface area contributed by atoms with Crippen LogP contribution in [0.3, 0.4) is 0 Å². The van der Waals surface area contributed by atoms with Crippen LogP contribution >= 0.6 is 0 Å². The molecule has 0 amide bonds. The number of hydrogen-bond donors (Lipinski definition) is 1. The van der Waals surface area contributed by atoms with Crippen LogP contribution in [-0.4, -0.2) is 19.9 Å². The Labute approximate surface area is 113 Å². The third-order valence-electron chi connectivity index (χ3n) is 2.81. The highest BCUT2D eigenvalue weighted by Gasteiger charge is 2.15. The first kappa shape index (κ1) is 12.0. The lowest BCUT2D eigenvalue weighted by Gasteiger charge is -1.98. The molecular formula is C12H10N6O2. The van der Waals surface area contributed by atoms with E-state index < -0.39 is 0 Å². The van der Waals surface area contributed by atoms with E-state index in [9.17, 15) is 0 Å². The van der Waals surface area contributed by atoms with Gasteiger partial charge in [-0.25, -0.2) is 4.68 Å². The molecule has 3 aromatic heterocycles. The molecule has 8 nitrogen and oxygen atoms in total. The van der Waals surface area contributed by atoms with Gasteiger partial charge < -0.3 is 14.7 Å². The van der Waals surface area contributed by atoms with Gasteiger partial charge in [0.1, 0.15) is 30.3 Å². The van der Waals surface area contributed by atoms with Gasteiger partial charge in [-0.05, 0) is 13.0 Å². The molecule has 0 bridgehead atoms. The van der Waals surface area contributed by atoms with Crippen LogP contribution in [0.1, 0.15) is 17.1 Å².